The molecule has 0 bridgehead atoms. The lowest BCUT2D eigenvalue weighted by Crippen LogP contribution is -1.93. The predicted octanol–water partition coefficient (Wildman–Crippen LogP) is 3.62. The Morgan fingerprint density at radius 3 is 2.41 bits per heavy atom. The van der Waals surface area contributed by atoms with Gasteiger partial charge in [-0.15, -0.1) is 0 Å². The lowest BCUT2D eigenvalue weighted by atomic mass is 10.1. The smallest absolute Gasteiger partial charge is 0.137 e. The minimum atomic E-state index is 1.02. The Morgan fingerprint density at radius 2 is 1.65 bits per heavy atom. The molecule has 0 fully saturated rings. The highest BCUT2D eigenvalue weighted by molar-refractivity contribution is 5.67. The van der Waals surface area contributed by atoms with E-state index >= 15 is 0 Å². The predicted molar refractivity (Wildman–Crippen MR) is 70.1 cm³/mol. The molecule has 0 aliphatic heterocycles. The van der Waals surface area contributed by atoms with Crippen molar-refractivity contribution < 1.29 is 0 Å². The van der Waals surface area contributed by atoms with Gasteiger partial charge in [0.2, 0.25) is 0 Å². The van der Waals surface area contributed by atoms with Gasteiger partial charge in [0.1, 0.15) is 5.65 Å². The van der Waals surface area contributed by atoms with E-state index in [9.17, 15) is 0 Å². The first-order chi connectivity index (χ1) is 8.27. The standard InChI is InChI=1S/C15H14N2/c1-11-7-6-10-14-16-12(2)15(17(11)14)13-8-4-3-5-9-13/h3-10H,1-2H3. The van der Waals surface area contributed by atoms with Gasteiger partial charge < -0.3 is 0 Å². The summed E-state index contributed by atoms with van der Waals surface area (Å²) in [5, 5.41) is 0. The summed E-state index contributed by atoms with van der Waals surface area (Å²) in [4.78, 5) is 4.61. The zero-order valence-electron chi connectivity index (χ0n) is 10.0. The van der Waals surface area contributed by atoms with Crippen LogP contribution in [0, 0.1) is 13.8 Å². The van der Waals surface area contributed by atoms with Gasteiger partial charge in [-0.2, -0.15) is 0 Å². The van der Waals surface area contributed by atoms with Gasteiger partial charge in [0.25, 0.3) is 0 Å². The highest BCUT2D eigenvalue weighted by Gasteiger charge is 2.11. The summed E-state index contributed by atoms with van der Waals surface area (Å²) >= 11 is 0. The van der Waals surface area contributed by atoms with E-state index in [1.807, 2.05) is 18.2 Å². The fourth-order valence-electron chi connectivity index (χ4n) is 2.30. The number of hydrogen-bond acceptors (Lipinski definition) is 1. The number of nitrogens with zero attached hydrogens (tertiary/aromatic N) is 2. The highest BCUT2D eigenvalue weighted by atomic mass is 15.0. The molecule has 0 radical (unpaired) electrons. The molecule has 0 unspecified atom stereocenters. The van der Waals surface area contributed by atoms with Crippen LogP contribution in [0.2, 0.25) is 0 Å². The number of aryl methyl sites for hydroxylation is 2. The molecule has 0 aliphatic rings. The van der Waals surface area contributed by atoms with Gasteiger partial charge in [0.05, 0.1) is 11.4 Å². The molecule has 3 rings (SSSR count). The maximum Gasteiger partial charge on any atom is 0.137 e. The van der Waals surface area contributed by atoms with Crippen molar-refractivity contribution in [3.8, 4) is 11.3 Å². The molecule has 0 saturated carbocycles. The zero-order chi connectivity index (χ0) is 11.8. The van der Waals surface area contributed by atoms with Gasteiger partial charge in [-0.3, -0.25) is 4.40 Å². The molecule has 1 aromatic carbocycles. The van der Waals surface area contributed by atoms with Crippen LogP contribution in [0.25, 0.3) is 16.9 Å². The van der Waals surface area contributed by atoms with E-state index in [0.29, 0.717) is 0 Å². The third kappa shape index (κ3) is 1.53. The molecule has 0 amide bonds. The number of aromatic nitrogens is 2. The number of fused-ring (bicyclic) bond motifs is 1. The number of rotatable bonds is 1. The van der Waals surface area contributed by atoms with Crippen LogP contribution in [-0.2, 0) is 0 Å². The molecule has 0 N–H and O–H groups in total. The fourth-order valence-corrected chi connectivity index (χ4v) is 2.30. The van der Waals surface area contributed by atoms with Gasteiger partial charge in [-0.1, -0.05) is 36.4 Å². The molecule has 0 spiro atoms. The van der Waals surface area contributed by atoms with E-state index in [1.165, 1.54) is 17.0 Å². The van der Waals surface area contributed by atoms with Crippen LogP contribution in [0.4, 0.5) is 0 Å². The second-order valence-corrected chi connectivity index (χ2v) is 4.27. The van der Waals surface area contributed by atoms with Crippen molar-refractivity contribution in [1.29, 1.82) is 0 Å². The van der Waals surface area contributed by atoms with Crippen molar-refractivity contribution >= 4 is 5.65 Å². The molecule has 2 aromatic heterocycles. The first-order valence-electron chi connectivity index (χ1n) is 5.77. The number of hydrogen-bond donors (Lipinski definition) is 0. The van der Waals surface area contributed by atoms with E-state index in [0.717, 1.165) is 11.3 Å². The van der Waals surface area contributed by atoms with Crippen molar-refractivity contribution in [3.63, 3.8) is 0 Å². The molecular weight excluding hydrogens is 208 g/mol. The summed E-state index contributed by atoms with van der Waals surface area (Å²) in [6, 6.07) is 16.6. The molecule has 0 saturated heterocycles. The SMILES string of the molecule is Cc1nc2cccc(C)n2c1-c1ccccc1. The Morgan fingerprint density at radius 1 is 0.882 bits per heavy atom. The van der Waals surface area contributed by atoms with Crippen LogP contribution in [-0.4, -0.2) is 9.38 Å². The molecular formula is C15H14N2. The van der Waals surface area contributed by atoms with Crippen molar-refractivity contribution in [2.45, 2.75) is 13.8 Å². The summed E-state index contributed by atoms with van der Waals surface area (Å²) in [5.41, 5.74) is 5.71. The summed E-state index contributed by atoms with van der Waals surface area (Å²) in [7, 11) is 0. The zero-order valence-corrected chi connectivity index (χ0v) is 10.0. The van der Waals surface area contributed by atoms with Gasteiger partial charge >= 0.3 is 0 Å². The van der Waals surface area contributed by atoms with Gasteiger partial charge in [0, 0.05) is 11.3 Å². The van der Waals surface area contributed by atoms with Crippen molar-refractivity contribution in [2.24, 2.45) is 0 Å². The monoisotopic (exact) mass is 222 g/mol. The Bertz CT molecular complexity index is 666. The van der Waals surface area contributed by atoms with E-state index in [1.54, 1.807) is 0 Å². The van der Waals surface area contributed by atoms with Crippen LogP contribution in [0.1, 0.15) is 11.4 Å². The van der Waals surface area contributed by atoms with Crippen molar-refractivity contribution in [2.75, 3.05) is 0 Å². The van der Waals surface area contributed by atoms with E-state index < -0.39 is 0 Å². The summed E-state index contributed by atoms with van der Waals surface area (Å²) in [5.74, 6) is 0. The van der Waals surface area contributed by atoms with E-state index in [4.69, 9.17) is 0 Å². The second-order valence-electron chi connectivity index (χ2n) is 4.27. The number of benzene rings is 1. The van der Waals surface area contributed by atoms with E-state index in [2.05, 4.69) is 53.6 Å². The van der Waals surface area contributed by atoms with Crippen molar-refractivity contribution in [1.82, 2.24) is 9.38 Å². The number of pyridine rings is 1. The highest BCUT2D eigenvalue weighted by Crippen LogP contribution is 2.25. The average Bonchev–Trinajstić information content (AvgIpc) is 2.68. The summed E-state index contributed by atoms with van der Waals surface area (Å²) < 4.78 is 2.21. The lowest BCUT2D eigenvalue weighted by Gasteiger charge is -2.06. The lowest BCUT2D eigenvalue weighted by molar-refractivity contribution is 1.10. The third-order valence-corrected chi connectivity index (χ3v) is 3.06. The molecule has 0 aliphatic carbocycles. The van der Waals surface area contributed by atoms with Crippen LogP contribution in [0.5, 0.6) is 0 Å². The minimum absolute atomic E-state index is 1.02. The Balaban J connectivity index is 2.40. The Kier molecular flexibility index (Phi) is 2.22. The second kappa shape index (κ2) is 3.74. The van der Waals surface area contributed by atoms with Crippen molar-refractivity contribution in [3.05, 3.63) is 59.9 Å². The minimum Gasteiger partial charge on any atom is -0.297 e. The van der Waals surface area contributed by atoms with Crippen LogP contribution < -0.4 is 0 Å². The first-order valence-corrected chi connectivity index (χ1v) is 5.77. The fraction of sp³-hybridized carbons (Fsp3) is 0.133. The van der Waals surface area contributed by atoms with Crippen LogP contribution in [0.3, 0.4) is 0 Å². The van der Waals surface area contributed by atoms with Gasteiger partial charge in [0.15, 0.2) is 0 Å². The average molecular weight is 222 g/mol. The quantitative estimate of drug-likeness (QED) is 0.614. The maximum absolute atomic E-state index is 4.61. The molecule has 3 aromatic rings. The molecule has 84 valence electrons. The Labute approximate surface area is 101 Å². The molecule has 2 heteroatoms. The van der Waals surface area contributed by atoms with Crippen LogP contribution >= 0.6 is 0 Å². The molecule has 17 heavy (non-hydrogen) atoms. The largest absolute Gasteiger partial charge is 0.297 e. The van der Waals surface area contributed by atoms with Gasteiger partial charge in [-0.25, -0.2) is 4.98 Å². The van der Waals surface area contributed by atoms with E-state index in [-0.39, 0.29) is 0 Å². The normalized spacial score (nSPS) is 10.9. The number of imidazole rings is 1. The van der Waals surface area contributed by atoms with Crippen LogP contribution in [0.15, 0.2) is 48.5 Å². The third-order valence-electron chi connectivity index (χ3n) is 3.06. The molecule has 2 nitrogen and oxygen atoms in total. The molecule has 2 heterocycles. The topological polar surface area (TPSA) is 17.3 Å². The Hall–Kier alpha value is -2.09. The first kappa shape index (κ1) is 10.1. The maximum atomic E-state index is 4.61. The summed E-state index contributed by atoms with van der Waals surface area (Å²) in [6.45, 7) is 4.18. The molecule has 0 atom stereocenters. The van der Waals surface area contributed by atoms with Gasteiger partial charge in [-0.05, 0) is 26.0 Å². The summed E-state index contributed by atoms with van der Waals surface area (Å²) in [6.07, 6.45) is 0.